The number of hydrogen-bond acceptors (Lipinski definition) is 3. The Morgan fingerprint density at radius 3 is 3.00 bits per heavy atom. The van der Waals surface area contributed by atoms with Gasteiger partial charge in [0, 0.05) is 31.2 Å². The van der Waals surface area contributed by atoms with Crippen LogP contribution >= 0.6 is 0 Å². The number of rotatable bonds is 5. The first-order valence-electron chi connectivity index (χ1n) is 7.60. The van der Waals surface area contributed by atoms with Gasteiger partial charge in [0.25, 0.3) is 0 Å². The number of benzene rings is 1. The summed E-state index contributed by atoms with van der Waals surface area (Å²) in [5.74, 6) is -0.383. The second-order valence-electron chi connectivity index (χ2n) is 5.68. The zero-order chi connectivity index (χ0) is 15.2. The topological polar surface area (TPSA) is 58.4 Å². The van der Waals surface area contributed by atoms with Gasteiger partial charge >= 0.3 is 0 Å². The van der Waals surface area contributed by atoms with Crippen molar-refractivity contribution in [1.82, 2.24) is 4.90 Å². The van der Waals surface area contributed by atoms with Crippen LogP contribution in [0.15, 0.2) is 18.2 Å². The summed E-state index contributed by atoms with van der Waals surface area (Å²) in [7, 11) is 0. The molecule has 0 bridgehead atoms. The smallest absolute Gasteiger partial charge is 0.225 e. The quantitative estimate of drug-likeness (QED) is 0.875. The average Bonchev–Trinajstić information content (AvgIpc) is 2.49. The van der Waals surface area contributed by atoms with Crippen molar-refractivity contribution >= 4 is 11.6 Å². The largest absolute Gasteiger partial charge is 0.329 e. The van der Waals surface area contributed by atoms with Gasteiger partial charge in [0.15, 0.2) is 0 Å². The van der Waals surface area contributed by atoms with E-state index in [1.165, 1.54) is 18.9 Å². The van der Waals surface area contributed by atoms with Crippen LogP contribution in [0.5, 0.6) is 0 Å². The molecule has 1 aliphatic rings. The number of halogens is 1. The number of anilines is 1. The third-order valence-corrected chi connectivity index (χ3v) is 4.10. The molecule has 4 nitrogen and oxygen atoms in total. The fourth-order valence-corrected chi connectivity index (χ4v) is 2.76. The van der Waals surface area contributed by atoms with Crippen molar-refractivity contribution in [3.05, 3.63) is 29.6 Å². The first kappa shape index (κ1) is 15.9. The van der Waals surface area contributed by atoms with Crippen LogP contribution in [0.1, 0.15) is 31.2 Å². The Morgan fingerprint density at radius 2 is 2.29 bits per heavy atom. The van der Waals surface area contributed by atoms with Gasteiger partial charge in [0.2, 0.25) is 5.91 Å². The molecule has 1 amide bonds. The maximum Gasteiger partial charge on any atom is 0.225 e. The maximum absolute atomic E-state index is 13.4. The van der Waals surface area contributed by atoms with E-state index in [2.05, 4.69) is 10.2 Å². The number of piperidine rings is 1. The standard InChI is InChI=1S/C16H24FN3O/c1-12-5-6-13(10-15(12)17)19-16(21)7-9-20-8-3-2-4-14(20)11-18/h5-6,10,14H,2-4,7-9,11,18H2,1H3,(H,19,21)/t14-/m1/s1. The van der Waals surface area contributed by atoms with Crippen LogP contribution < -0.4 is 11.1 Å². The number of nitrogens with zero attached hydrogens (tertiary/aromatic N) is 1. The molecule has 1 fully saturated rings. The highest BCUT2D eigenvalue weighted by atomic mass is 19.1. The van der Waals surface area contributed by atoms with Gasteiger partial charge in [-0.1, -0.05) is 12.5 Å². The van der Waals surface area contributed by atoms with E-state index in [9.17, 15) is 9.18 Å². The molecule has 2 rings (SSSR count). The fourth-order valence-electron chi connectivity index (χ4n) is 2.76. The number of carbonyl (C=O) groups excluding carboxylic acids is 1. The lowest BCUT2D eigenvalue weighted by Gasteiger charge is -2.34. The summed E-state index contributed by atoms with van der Waals surface area (Å²) in [6.45, 7) is 4.06. The number of carbonyl (C=O) groups is 1. The van der Waals surface area contributed by atoms with Crippen molar-refractivity contribution in [3.8, 4) is 0 Å². The Kier molecular flexibility index (Phi) is 5.70. The minimum Gasteiger partial charge on any atom is -0.329 e. The molecule has 0 aromatic heterocycles. The van der Waals surface area contributed by atoms with E-state index in [0.717, 1.165) is 13.0 Å². The highest BCUT2D eigenvalue weighted by Gasteiger charge is 2.21. The molecule has 0 aliphatic carbocycles. The first-order chi connectivity index (χ1) is 10.1. The Labute approximate surface area is 125 Å². The number of nitrogens with one attached hydrogen (secondary N) is 1. The molecule has 0 radical (unpaired) electrons. The number of hydrogen-bond donors (Lipinski definition) is 2. The molecule has 1 aliphatic heterocycles. The Bertz CT molecular complexity index is 492. The summed E-state index contributed by atoms with van der Waals surface area (Å²) in [4.78, 5) is 14.2. The molecule has 0 unspecified atom stereocenters. The lowest BCUT2D eigenvalue weighted by Crippen LogP contribution is -2.45. The van der Waals surface area contributed by atoms with E-state index in [1.54, 1.807) is 19.1 Å². The summed E-state index contributed by atoms with van der Waals surface area (Å²) >= 11 is 0. The van der Waals surface area contributed by atoms with Crippen molar-refractivity contribution in [2.24, 2.45) is 5.73 Å². The molecular weight excluding hydrogens is 269 g/mol. The molecule has 1 aromatic carbocycles. The number of nitrogens with two attached hydrogens (primary N) is 1. The van der Waals surface area contributed by atoms with E-state index in [-0.39, 0.29) is 11.7 Å². The second-order valence-corrected chi connectivity index (χ2v) is 5.68. The SMILES string of the molecule is Cc1ccc(NC(=O)CCN2CCCC[C@@H]2CN)cc1F. The van der Waals surface area contributed by atoms with Gasteiger partial charge in [-0.2, -0.15) is 0 Å². The van der Waals surface area contributed by atoms with Crippen molar-refractivity contribution in [3.63, 3.8) is 0 Å². The summed E-state index contributed by atoms with van der Waals surface area (Å²) in [5.41, 5.74) is 6.86. The third kappa shape index (κ3) is 4.51. The second kappa shape index (κ2) is 7.52. The van der Waals surface area contributed by atoms with Crippen molar-refractivity contribution in [2.45, 2.75) is 38.6 Å². The number of amides is 1. The minimum atomic E-state index is -0.299. The van der Waals surface area contributed by atoms with Crippen LogP contribution in [0.2, 0.25) is 0 Å². The average molecular weight is 293 g/mol. The summed E-state index contributed by atoms with van der Waals surface area (Å²) < 4.78 is 13.4. The lowest BCUT2D eigenvalue weighted by atomic mass is 10.0. The molecule has 1 saturated heterocycles. The van der Waals surface area contributed by atoms with Crippen LogP contribution in [0, 0.1) is 12.7 Å². The number of aryl methyl sites for hydroxylation is 1. The van der Waals surface area contributed by atoms with Crippen LogP contribution in [0.4, 0.5) is 10.1 Å². The lowest BCUT2D eigenvalue weighted by molar-refractivity contribution is -0.116. The molecule has 0 spiro atoms. The van der Waals surface area contributed by atoms with Crippen molar-refractivity contribution < 1.29 is 9.18 Å². The zero-order valence-electron chi connectivity index (χ0n) is 12.6. The van der Waals surface area contributed by atoms with Crippen molar-refractivity contribution in [2.75, 3.05) is 25.0 Å². The van der Waals surface area contributed by atoms with Gasteiger partial charge in [-0.15, -0.1) is 0 Å². The summed E-state index contributed by atoms with van der Waals surface area (Å²) in [6.07, 6.45) is 3.90. The fraction of sp³-hybridized carbons (Fsp3) is 0.562. The molecule has 116 valence electrons. The summed E-state index contributed by atoms with van der Waals surface area (Å²) in [5, 5.41) is 2.75. The van der Waals surface area contributed by atoms with Crippen LogP contribution in [-0.2, 0) is 4.79 Å². The molecule has 21 heavy (non-hydrogen) atoms. The Balaban J connectivity index is 1.82. The van der Waals surface area contributed by atoms with Gasteiger partial charge in [-0.3, -0.25) is 9.69 Å². The van der Waals surface area contributed by atoms with Gasteiger partial charge in [0.05, 0.1) is 0 Å². The van der Waals surface area contributed by atoms with E-state index in [0.29, 0.717) is 36.8 Å². The molecule has 0 saturated carbocycles. The van der Waals surface area contributed by atoms with Gasteiger partial charge in [-0.25, -0.2) is 4.39 Å². The number of likely N-dealkylation sites (tertiary alicyclic amines) is 1. The highest BCUT2D eigenvalue weighted by Crippen LogP contribution is 2.17. The van der Waals surface area contributed by atoms with Crippen LogP contribution in [0.3, 0.4) is 0 Å². The van der Waals surface area contributed by atoms with Crippen LogP contribution in [-0.4, -0.2) is 36.5 Å². The van der Waals surface area contributed by atoms with Gasteiger partial charge in [0.1, 0.15) is 5.82 Å². The predicted octanol–water partition coefficient (Wildman–Crippen LogP) is 2.28. The van der Waals surface area contributed by atoms with E-state index < -0.39 is 0 Å². The Hall–Kier alpha value is -1.46. The normalized spacial score (nSPS) is 19.5. The predicted molar refractivity (Wildman–Crippen MR) is 82.7 cm³/mol. The molecular formula is C16H24FN3O. The molecule has 1 atom stereocenters. The maximum atomic E-state index is 13.4. The monoisotopic (exact) mass is 293 g/mol. The first-order valence-corrected chi connectivity index (χ1v) is 7.60. The molecule has 3 N–H and O–H groups in total. The molecule has 1 aromatic rings. The van der Waals surface area contributed by atoms with E-state index in [1.807, 2.05) is 0 Å². The third-order valence-electron chi connectivity index (χ3n) is 4.10. The summed E-state index contributed by atoms with van der Waals surface area (Å²) in [6, 6.07) is 5.14. The highest BCUT2D eigenvalue weighted by molar-refractivity contribution is 5.90. The van der Waals surface area contributed by atoms with Crippen LogP contribution in [0.25, 0.3) is 0 Å². The minimum absolute atomic E-state index is 0.0837. The van der Waals surface area contributed by atoms with Crippen molar-refractivity contribution in [1.29, 1.82) is 0 Å². The Morgan fingerprint density at radius 1 is 1.48 bits per heavy atom. The van der Waals surface area contributed by atoms with E-state index in [4.69, 9.17) is 5.73 Å². The van der Waals surface area contributed by atoms with Gasteiger partial charge < -0.3 is 11.1 Å². The van der Waals surface area contributed by atoms with E-state index >= 15 is 0 Å². The molecule has 5 heteroatoms. The van der Waals surface area contributed by atoms with Gasteiger partial charge in [-0.05, 0) is 44.0 Å². The zero-order valence-corrected chi connectivity index (χ0v) is 12.6. The molecule has 1 heterocycles.